The molecule has 0 aromatic carbocycles. The number of halogens is 5. The molecule has 1 aromatic heterocycles. The van der Waals surface area contributed by atoms with Crippen LogP contribution in [0.4, 0.5) is 33.5 Å². The Morgan fingerprint density at radius 1 is 1.33 bits per heavy atom. The van der Waals surface area contributed by atoms with Gasteiger partial charge < -0.3 is 15.8 Å². The Morgan fingerprint density at radius 2 is 1.96 bits per heavy atom. The molecule has 0 atom stereocenters. The fourth-order valence-electron chi connectivity index (χ4n) is 2.82. The van der Waals surface area contributed by atoms with Gasteiger partial charge in [-0.15, -0.1) is 4.91 Å². The number of nitrogen functional groups attached to an aromatic ring is 1. The molecule has 27 heavy (non-hydrogen) atoms. The molecule has 1 heterocycles. The molecular weight excluding hydrogens is 379 g/mol. The third-order valence-corrected chi connectivity index (χ3v) is 4.21. The van der Waals surface area contributed by atoms with Gasteiger partial charge in [-0.2, -0.15) is 18.2 Å². The third kappa shape index (κ3) is 5.47. The van der Waals surface area contributed by atoms with Gasteiger partial charge in [0, 0.05) is 6.04 Å². The largest absolute Gasteiger partial charge is 0.471 e. The van der Waals surface area contributed by atoms with Gasteiger partial charge in [0.15, 0.2) is 18.1 Å². The number of pyridine rings is 1. The Morgan fingerprint density at radius 3 is 2.48 bits per heavy atom. The average Bonchev–Trinajstić information content (AvgIpc) is 2.59. The number of nitrogens with zero attached hydrogens (tertiary/aromatic N) is 2. The normalized spacial score (nSPS) is 20.4. The SMILES string of the molecule is Nc1nc(OCC(F)F)c(C(=O)N[C@H]2CC[C@H](C(F)(F)F)CC2)cc1N=O. The summed E-state index contributed by atoms with van der Waals surface area (Å²) in [6.07, 6.45) is -7.19. The molecule has 7 nitrogen and oxygen atoms in total. The summed E-state index contributed by atoms with van der Waals surface area (Å²) in [4.78, 5) is 26.7. The van der Waals surface area contributed by atoms with E-state index in [0.717, 1.165) is 6.07 Å². The van der Waals surface area contributed by atoms with Gasteiger partial charge in [-0.3, -0.25) is 4.79 Å². The van der Waals surface area contributed by atoms with Crippen molar-refractivity contribution in [3.63, 3.8) is 0 Å². The zero-order valence-electron chi connectivity index (χ0n) is 13.9. The highest BCUT2D eigenvalue weighted by Gasteiger charge is 2.41. The van der Waals surface area contributed by atoms with Crippen LogP contribution in [0.15, 0.2) is 11.2 Å². The van der Waals surface area contributed by atoms with E-state index >= 15 is 0 Å². The molecule has 0 bridgehead atoms. The molecular formula is C15H17F5N4O3. The molecule has 150 valence electrons. The number of rotatable bonds is 6. The van der Waals surface area contributed by atoms with E-state index in [-0.39, 0.29) is 36.9 Å². The summed E-state index contributed by atoms with van der Waals surface area (Å²) in [5.74, 6) is -3.16. The number of alkyl halides is 5. The van der Waals surface area contributed by atoms with Gasteiger partial charge in [-0.25, -0.2) is 8.78 Å². The lowest BCUT2D eigenvalue weighted by Gasteiger charge is -2.30. The second kappa shape index (κ2) is 8.44. The minimum Gasteiger partial charge on any atom is -0.471 e. The second-order valence-electron chi connectivity index (χ2n) is 6.10. The lowest BCUT2D eigenvalue weighted by atomic mass is 9.85. The molecule has 0 saturated heterocycles. The van der Waals surface area contributed by atoms with Gasteiger partial charge in [-0.1, -0.05) is 0 Å². The molecule has 1 aliphatic carbocycles. The molecule has 1 amide bonds. The standard InChI is InChI=1S/C15H17F5N4O3/c16-11(17)6-27-14-9(5-10(24-26)12(21)23-14)13(25)22-8-3-1-7(2-4-8)15(18,19)20/h5,7-8,11H,1-4,6H2,(H2,21,23)(H,22,25)/t7-,8-. The topological polar surface area (TPSA) is 107 Å². The number of anilines is 1. The van der Waals surface area contributed by atoms with Crippen molar-refractivity contribution >= 4 is 17.4 Å². The van der Waals surface area contributed by atoms with Crippen LogP contribution < -0.4 is 15.8 Å². The van der Waals surface area contributed by atoms with Crippen LogP contribution in [0.25, 0.3) is 0 Å². The first-order valence-electron chi connectivity index (χ1n) is 8.04. The Labute approximate surface area is 150 Å². The van der Waals surface area contributed by atoms with E-state index in [2.05, 4.69) is 15.5 Å². The number of hydrogen-bond donors (Lipinski definition) is 2. The first-order valence-corrected chi connectivity index (χ1v) is 8.04. The van der Waals surface area contributed by atoms with Crippen LogP contribution in [-0.4, -0.2) is 36.1 Å². The molecule has 0 radical (unpaired) electrons. The molecule has 1 aromatic rings. The maximum atomic E-state index is 12.7. The first-order chi connectivity index (χ1) is 12.6. The van der Waals surface area contributed by atoms with Crippen molar-refractivity contribution in [1.82, 2.24) is 10.3 Å². The van der Waals surface area contributed by atoms with Gasteiger partial charge in [0.25, 0.3) is 12.3 Å². The van der Waals surface area contributed by atoms with Gasteiger partial charge in [0.05, 0.1) is 5.92 Å². The van der Waals surface area contributed by atoms with Crippen molar-refractivity contribution in [2.24, 2.45) is 11.1 Å². The van der Waals surface area contributed by atoms with Crippen molar-refractivity contribution in [3.05, 3.63) is 16.5 Å². The summed E-state index contributed by atoms with van der Waals surface area (Å²) in [6.45, 7) is -1.06. The molecule has 1 fully saturated rings. The van der Waals surface area contributed by atoms with Crippen LogP contribution in [-0.2, 0) is 0 Å². The molecule has 0 spiro atoms. The van der Waals surface area contributed by atoms with Crippen molar-refractivity contribution in [2.75, 3.05) is 12.3 Å². The van der Waals surface area contributed by atoms with E-state index < -0.39 is 48.8 Å². The predicted molar refractivity (Wildman–Crippen MR) is 84.9 cm³/mol. The maximum Gasteiger partial charge on any atom is 0.391 e. The molecule has 1 aliphatic rings. The Hall–Kier alpha value is -2.53. The zero-order valence-corrected chi connectivity index (χ0v) is 13.9. The van der Waals surface area contributed by atoms with Crippen LogP contribution in [0, 0.1) is 10.8 Å². The fraction of sp³-hybridized carbons (Fsp3) is 0.600. The van der Waals surface area contributed by atoms with E-state index in [0.29, 0.717) is 0 Å². The van der Waals surface area contributed by atoms with Crippen molar-refractivity contribution in [2.45, 2.75) is 44.3 Å². The van der Waals surface area contributed by atoms with E-state index in [4.69, 9.17) is 10.5 Å². The maximum absolute atomic E-state index is 12.7. The first kappa shape index (κ1) is 20.8. The van der Waals surface area contributed by atoms with Crippen LogP contribution >= 0.6 is 0 Å². The molecule has 0 aliphatic heterocycles. The number of ether oxygens (including phenoxy) is 1. The zero-order chi connectivity index (χ0) is 20.2. The van der Waals surface area contributed by atoms with Gasteiger partial charge in [-0.05, 0) is 36.9 Å². The number of amides is 1. The summed E-state index contributed by atoms with van der Waals surface area (Å²) in [5.41, 5.74) is 4.70. The lowest BCUT2D eigenvalue weighted by Crippen LogP contribution is -2.40. The van der Waals surface area contributed by atoms with Crippen LogP contribution in [0.5, 0.6) is 5.88 Å². The van der Waals surface area contributed by atoms with Gasteiger partial charge in [0.1, 0.15) is 5.56 Å². The Bertz CT molecular complexity index is 691. The highest BCUT2D eigenvalue weighted by atomic mass is 19.4. The summed E-state index contributed by atoms with van der Waals surface area (Å²) < 4.78 is 67.6. The lowest BCUT2D eigenvalue weighted by molar-refractivity contribution is -0.182. The van der Waals surface area contributed by atoms with Crippen LogP contribution in [0.2, 0.25) is 0 Å². The second-order valence-corrected chi connectivity index (χ2v) is 6.10. The summed E-state index contributed by atoms with van der Waals surface area (Å²) in [5, 5.41) is 5.09. The minimum absolute atomic E-state index is 0.102. The predicted octanol–water partition coefficient (Wildman–Crippen LogP) is 3.56. The Kier molecular flexibility index (Phi) is 6.50. The number of carbonyl (C=O) groups excluding carboxylic acids is 1. The van der Waals surface area contributed by atoms with E-state index in [1.54, 1.807) is 0 Å². The molecule has 1 saturated carbocycles. The number of nitrogens with two attached hydrogens (primary N) is 1. The van der Waals surface area contributed by atoms with E-state index in [1.807, 2.05) is 0 Å². The van der Waals surface area contributed by atoms with Crippen LogP contribution in [0.3, 0.4) is 0 Å². The Balaban J connectivity index is 2.11. The summed E-state index contributed by atoms with van der Waals surface area (Å²) >= 11 is 0. The number of nitrogens with one attached hydrogen (secondary N) is 1. The minimum atomic E-state index is -4.28. The fourth-order valence-corrected chi connectivity index (χ4v) is 2.82. The quantitative estimate of drug-likeness (QED) is 0.565. The average molecular weight is 396 g/mol. The van der Waals surface area contributed by atoms with E-state index in [9.17, 15) is 31.7 Å². The van der Waals surface area contributed by atoms with Crippen molar-refractivity contribution in [1.29, 1.82) is 0 Å². The van der Waals surface area contributed by atoms with Crippen molar-refractivity contribution in [3.8, 4) is 5.88 Å². The number of nitroso groups, excluding NO2 is 1. The molecule has 0 unspecified atom stereocenters. The summed E-state index contributed by atoms with van der Waals surface area (Å²) in [6, 6.07) is 0.400. The monoisotopic (exact) mass is 396 g/mol. The number of hydrogen-bond acceptors (Lipinski definition) is 6. The highest BCUT2D eigenvalue weighted by molar-refractivity contribution is 5.98. The number of carbonyl (C=O) groups is 1. The number of aromatic nitrogens is 1. The van der Waals surface area contributed by atoms with Crippen molar-refractivity contribution < 1.29 is 31.5 Å². The van der Waals surface area contributed by atoms with Crippen LogP contribution in [0.1, 0.15) is 36.0 Å². The third-order valence-electron chi connectivity index (χ3n) is 4.21. The highest BCUT2D eigenvalue weighted by Crippen LogP contribution is 2.37. The van der Waals surface area contributed by atoms with E-state index in [1.165, 1.54) is 0 Å². The molecule has 2 rings (SSSR count). The smallest absolute Gasteiger partial charge is 0.391 e. The molecule has 12 heteroatoms. The van der Waals surface area contributed by atoms with Gasteiger partial charge in [0.2, 0.25) is 5.88 Å². The summed E-state index contributed by atoms with van der Waals surface area (Å²) in [7, 11) is 0. The molecule has 3 N–H and O–H groups in total. The van der Waals surface area contributed by atoms with Gasteiger partial charge >= 0.3 is 6.18 Å².